The standard InChI is InChI=1S/C20H29BrO/c1-12-13-7-14-5-6-17-18(2,3)9-15(22)10-19(17,4)20(14,8-13)11-16(12)21/h13-14,17H,5-11H2,1-4H3/t13-,14-,17-,19-,20-/m0/s1. The highest BCUT2D eigenvalue weighted by molar-refractivity contribution is 9.11. The van der Waals surface area contributed by atoms with Gasteiger partial charge in [0.05, 0.1) is 0 Å². The molecule has 2 bridgehead atoms. The lowest BCUT2D eigenvalue weighted by molar-refractivity contribution is -0.165. The molecule has 0 N–H and O–H groups in total. The normalized spacial score (nSPS) is 49.9. The summed E-state index contributed by atoms with van der Waals surface area (Å²) in [6.45, 7) is 9.53. The molecule has 4 aliphatic carbocycles. The highest BCUT2D eigenvalue weighted by Crippen LogP contribution is 2.74. The Morgan fingerprint density at radius 1 is 1.09 bits per heavy atom. The van der Waals surface area contributed by atoms with Crippen LogP contribution < -0.4 is 0 Å². The first kappa shape index (κ1) is 15.4. The maximum Gasteiger partial charge on any atom is 0.134 e. The number of halogens is 1. The number of allylic oxidation sites excluding steroid dienone is 2. The second kappa shape index (κ2) is 4.49. The highest BCUT2D eigenvalue weighted by Gasteiger charge is 2.67. The van der Waals surface area contributed by atoms with Crippen LogP contribution in [-0.4, -0.2) is 5.78 Å². The van der Waals surface area contributed by atoms with E-state index in [9.17, 15) is 4.79 Å². The zero-order chi connectivity index (χ0) is 15.9. The van der Waals surface area contributed by atoms with Crippen LogP contribution in [-0.2, 0) is 4.79 Å². The van der Waals surface area contributed by atoms with Crippen LogP contribution in [0.2, 0.25) is 0 Å². The van der Waals surface area contributed by atoms with E-state index < -0.39 is 0 Å². The summed E-state index contributed by atoms with van der Waals surface area (Å²) >= 11 is 3.91. The average molecular weight is 365 g/mol. The zero-order valence-electron chi connectivity index (χ0n) is 14.5. The third-order valence-electron chi connectivity index (χ3n) is 8.34. The molecule has 0 aromatic rings. The molecule has 1 nitrogen and oxygen atoms in total. The van der Waals surface area contributed by atoms with Crippen LogP contribution in [0.15, 0.2) is 10.1 Å². The predicted molar refractivity (Wildman–Crippen MR) is 93.7 cm³/mol. The lowest BCUT2D eigenvalue weighted by Gasteiger charge is -2.64. The van der Waals surface area contributed by atoms with E-state index in [1.807, 2.05) is 0 Å². The third kappa shape index (κ3) is 1.74. The van der Waals surface area contributed by atoms with Crippen LogP contribution >= 0.6 is 15.9 Å². The van der Waals surface area contributed by atoms with Crippen molar-refractivity contribution in [2.24, 2.45) is 34.0 Å². The molecule has 0 saturated heterocycles. The summed E-state index contributed by atoms with van der Waals surface area (Å²) in [5, 5.41) is 0. The number of Topliss-reactive ketones (excluding diaryl/α,β-unsaturated/α-hetero) is 1. The number of hydrogen-bond acceptors (Lipinski definition) is 1. The molecule has 2 heteroatoms. The van der Waals surface area contributed by atoms with E-state index in [-0.39, 0.29) is 10.8 Å². The molecule has 22 heavy (non-hydrogen) atoms. The van der Waals surface area contributed by atoms with Crippen LogP contribution in [0.4, 0.5) is 0 Å². The van der Waals surface area contributed by atoms with Gasteiger partial charge in [0.2, 0.25) is 0 Å². The van der Waals surface area contributed by atoms with Gasteiger partial charge in [0.25, 0.3) is 0 Å². The van der Waals surface area contributed by atoms with Crippen molar-refractivity contribution in [2.45, 2.75) is 72.6 Å². The Morgan fingerprint density at radius 2 is 1.82 bits per heavy atom. The maximum atomic E-state index is 12.6. The fourth-order valence-electron chi connectivity index (χ4n) is 7.43. The number of carbonyl (C=O) groups is 1. The Hall–Kier alpha value is -0.110. The van der Waals surface area contributed by atoms with E-state index in [1.54, 1.807) is 5.57 Å². The molecule has 5 atom stereocenters. The van der Waals surface area contributed by atoms with Gasteiger partial charge in [0, 0.05) is 12.8 Å². The molecule has 0 aromatic carbocycles. The van der Waals surface area contributed by atoms with Crippen molar-refractivity contribution < 1.29 is 4.79 Å². The topological polar surface area (TPSA) is 17.1 Å². The smallest absolute Gasteiger partial charge is 0.134 e. The predicted octanol–water partition coefficient (Wildman–Crippen LogP) is 5.88. The average Bonchev–Trinajstić information content (AvgIpc) is 2.71. The second-order valence-electron chi connectivity index (χ2n) is 9.68. The number of fused-ring (bicyclic) bond motifs is 2. The SMILES string of the molecule is CC1=C(Br)C[C@@]23C[C@@H]1C[C@@H]2CC[C@H]1C(C)(C)CC(=O)C[C@@]13C. The Bertz CT molecular complexity index is 574. The molecule has 0 aromatic heterocycles. The molecule has 0 heterocycles. The van der Waals surface area contributed by atoms with Crippen LogP contribution in [0.25, 0.3) is 0 Å². The van der Waals surface area contributed by atoms with Crippen molar-refractivity contribution >= 4 is 21.7 Å². The minimum atomic E-state index is 0.185. The van der Waals surface area contributed by atoms with E-state index >= 15 is 0 Å². The van der Waals surface area contributed by atoms with E-state index in [1.165, 1.54) is 36.6 Å². The first-order valence-electron chi connectivity index (χ1n) is 9.06. The van der Waals surface area contributed by atoms with Crippen LogP contribution in [0.5, 0.6) is 0 Å². The van der Waals surface area contributed by atoms with Crippen molar-refractivity contribution in [1.82, 2.24) is 0 Å². The van der Waals surface area contributed by atoms with Gasteiger partial charge in [0.15, 0.2) is 0 Å². The molecule has 0 amide bonds. The third-order valence-corrected chi connectivity index (χ3v) is 9.25. The van der Waals surface area contributed by atoms with Crippen LogP contribution in [0, 0.1) is 34.0 Å². The summed E-state index contributed by atoms with van der Waals surface area (Å²) in [5.74, 6) is 2.84. The molecule has 1 spiro atoms. The molecule has 0 unspecified atom stereocenters. The molecular formula is C20H29BrO. The van der Waals surface area contributed by atoms with Gasteiger partial charge in [-0.25, -0.2) is 0 Å². The summed E-state index contributed by atoms with van der Waals surface area (Å²) in [6.07, 6.45) is 8.27. The summed E-state index contributed by atoms with van der Waals surface area (Å²) in [6, 6.07) is 0. The highest BCUT2D eigenvalue weighted by atomic mass is 79.9. The van der Waals surface area contributed by atoms with E-state index in [0.29, 0.717) is 17.1 Å². The second-order valence-corrected chi connectivity index (χ2v) is 10.6. The molecule has 3 fully saturated rings. The minimum Gasteiger partial charge on any atom is -0.300 e. The minimum absolute atomic E-state index is 0.185. The summed E-state index contributed by atoms with van der Waals surface area (Å²) in [4.78, 5) is 12.6. The Kier molecular flexibility index (Phi) is 3.15. The van der Waals surface area contributed by atoms with Crippen molar-refractivity contribution in [2.75, 3.05) is 0 Å². The van der Waals surface area contributed by atoms with Gasteiger partial charge in [-0.2, -0.15) is 0 Å². The first-order chi connectivity index (χ1) is 10.2. The molecule has 4 rings (SSSR count). The van der Waals surface area contributed by atoms with Gasteiger partial charge in [-0.3, -0.25) is 4.79 Å². The number of rotatable bonds is 0. The van der Waals surface area contributed by atoms with Gasteiger partial charge >= 0.3 is 0 Å². The molecule has 3 saturated carbocycles. The maximum absolute atomic E-state index is 12.6. The lowest BCUT2D eigenvalue weighted by Crippen LogP contribution is -2.59. The number of carbonyl (C=O) groups excluding carboxylic acids is 1. The van der Waals surface area contributed by atoms with Crippen LogP contribution in [0.3, 0.4) is 0 Å². The Labute approximate surface area is 143 Å². The van der Waals surface area contributed by atoms with E-state index in [2.05, 4.69) is 43.6 Å². The molecule has 4 aliphatic rings. The Morgan fingerprint density at radius 3 is 2.55 bits per heavy atom. The van der Waals surface area contributed by atoms with Gasteiger partial charge in [-0.15, -0.1) is 0 Å². The quantitative estimate of drug-likeness (QED) is 0.524. The Balaban J connectivity index is 1.85. The van der Waals surface area contributed by atoms with Crippen LogP contribution in [0.1, 0.15) is 72.6 Å². The monoisotopic (exact) mass is 364 g/mol. The van der Waals surface area contributed by atoms with Crippen molar-refractivity contribution in [3.05, 3.63) is 10.1 Å². The molecule has 0 radical (unpaired) electrons. The summed E-state index contributed by atoms with van der Waals surface area (Å²) in [7, 11) is 0. The largest absolute Gasteiger partial charge is 0.300 e. The molecular weight excluding hydrogens is 336 g/mol. The zero-order valence-corrected chi connectivity index (χ0v) is 16.1. The van der Waals surface area contributed by atoms with Crippen molar-refractivity contribution in [3.63, 3.8) is 0 Å². The van der Waals surface area contributed by atoms with Crippen molar-refractivity contribution in [1.29, 1.82) is 0 Å². The molecule has 122 valence electrons. The van der Waals surface area contributed by atoms with Gasteiger partial charge < -0.3 is 0 Å². The van der Waals surface area contributed by atoms with Gasteiger partial charge in [0.1, 0.15) is 5.78 Å². The summed E-state index contributed by atoms with van der Waals surface area (Å²) < 4.78 is 1.46. The van der Waals surface area contributed by atoms with Gasteiger partial charge in [-0.05, 0) is 77.5 Å². The van der Waals surface area contributed by atoms with E-state index in [4.69, 9.17) is 0 Å². The summed E-state index contributed by atoms with van der Waals surface area (Å²) in [5.41, 5.74) is 2.38. The fraction of sp³-hybridized carbons (Fsp3) is 0.850. The number of hydrogen-bond donors (Lipinski definition) is 0. The first-order valence-corrected chi connectivity index (χ1v) is 9.86. The van der Waals surface area contributed by atoms with Gasteiger partial charge in [-0.1, -0.05) is 42.3 Å². The fourth-order valence-corrected chi connectivity index (χ4v) is 8.25. The van der Waals surface area contributed by atoms with E-state index in [0.717, 1.165) is 24.7 Å². The lowest BCUT2D eigenvalue weighted by atomic mass is 9.40. The van der Waals surface area contributed by atoms with Crippen molar-refractivity contribution in [3.8, 4) is 0 Å². The number of ketones is 1. The molecule has 0 aliphatic heterocycles.